The molecule has 1 aromatic carbocycles. The summed E-state index contributed by atoms with van der Waals surface area (Å²) in [5.74, 6) is 0.573. The molecule has 1 heterocycles. The lowest BCUT2D eigenvalue weighted by Gasteiger charge is -2.04. The molecule has 2 aromatic rings. The zero-order valence-corrected chi connectivity index (χ0v) is 10.9. The van der Waals surface area contributed by atoms with Crippen molar-refractivity contribution in [2.75, 3.05) is 13.7 Å². The van der Waals surface area contributed by atoms with Gasteiger partial charge < -0.3 is 9.30 Å². The van der Waals surface area contributed by atoms with Gasteiger partial charge in [0, 0.05) is 37.4 Å². The molecule has 0 fully saturated rings. The third-order valence-electron chi connectivity index (χ3n) is 3.19. The van der Waals surface area contributed by atoms with Gasteiger partial charge in [-0.1, -0.05) is 32.0 Å². The van der Waals surface area contributed by atoms with Gasteiger partial charge in [-0.2, -0.15) is 0 Å². The molecule has 0 saturated heterocycles. The average molecular weight is 231 g/mol. The molecule has 0 aliphatic heterocycles. The summed E-state index contributed by atoms with van der Waals surface area (Å²) in [4.78, 5) is 0. The van der Waals surface area contributed by atoms with E-state index in [9.17, 15) is 0 Å². The molecule has 0 unspecified atom stereocenters. The number of para-hydroxylation sites is 1. The highest BCUT2D eigenvalue weighted by Gasteiger charge is 2.10. The van der Waals surface area contributed by atoms with E-state index in [-0.39, 0.29) is 0 Å². The maximum atomic E-state index is 5.12. The van der Waals surface area contributed by atoms with Crippen molar-refractivity contribution in [1.29, 1.82) is 0 Å². The van der Waals surface area contributed by atoms with E-state index in [1.807, 2.05) is 0 Å². The molecule has 0 N–H and O–H groups in total. The summed E-state index contributed by atoms with van der Waals surface area (Å²) in [5.41, 5.74) is 2.78. The van der Waals surface area contributed by atoms with Crippen LogP contribution in [0.1, 0.15) is 31.7 Å². The van der Waals surface area contributed by atoms with Crippen molar-refractivity contribution in [3.63, 3.8) is 0 Å². The molecule has 0 aliphatic rings. The third kappa shape index (κ3) is 2.52. The minimum absolute atomic E-state index is 0.573. The first-order chi connectivity index (χ1) is 8.24. The van der Waals surface area contributed by atoms with Gasteiger partial charge in [-0.25, -0.2) is 0 Å². The van der Waals surface area contributed by atoms with Gasteiger partial charge in [0.25, 0.3) is 0 Å². The molecular formula is C15H21NO. The quantitative estimate of drug-likeness (QED) is 0.714. The van der Waals surface area contributed by atoms with Gasteiger partial charge in [0.2, 0.25) is 0 Å². The van der Waals surface area contributed by atoms with Crippen LogP contribution in [0.25, 0.3) is 10.9 Å². The minimum atomic E-state index is 0.573. The lowest BCUT2D eigenvalue weighted by atomic mass is 10.0. The number of rotatable bonds is 5. The second kappa shape index (κ2) is 5.37. The van der Waals surface area contributed by atoms with Gasteiger partial charge >= 0.3 is 0 Å². The fraction of sp³-hybridized carbons (Fsp3) is 0.467. The minimum Gasteiger partial charge on any atom is -0.385 e. The van der Waals surface area contributed by atoms with Gasteiger partial charge in [0.1, 0.15) is 0 Å². The molecule has 0 bridgehead atoms. The summed E-state index contributed by atoms with van der Waals surface area (Å²) in [6.07, 6.45) is 3.36. The molecule has 2 nitrogen and oxygen atoms in total. The molecule has 2 rings (SSSR count). The Bertz CT molecular complexity index is 485. The molecule has 0 atom stereocenters. The Morgan fingerprint density at radius 2 is 2.00 bits per heavy atom. The fourth-order valence-electron chi connectivity index (χ4n) is 2.30. The van der Waals surface area contributed by atoms with Crippen molar-refractivity contribution >= 4 is 10.9 Å². The predicted molar refractivity (Wildman–Crippen MR) is 72.5 cm³/mol. The van der Waals surface area contributed by atoms with E-state index >= 15 is 0 Å². The zero-order valence-electron chi connectivity index (χ0n) is 10.9. The summed E-state index contributed by atoms with van der Waals surface area (Å²) >= 11 is 0. The number of nitrogens with zero attached hydrogens (tertiary/aromatic N) is 1. The van der Waals surface area contributed by atoms with E-state index in [1.165, 1.54) is 16.5 Å². The van der Waals surface area contributed by atoms with Crippen LogP contribution in [-0.2, 0) is 11.3 Å². The molecule has 92 valence electrons. The maximum Gasteiger partial charge on any atom is 0.0483 e. The normalized spacial score (nSPS) is 11.5. The molecule has 0 aliphatic carbocycles. The average Bonchev–Trinajstić information content (AvgIpc) is 2.69. The SMILES string of the molecule is COCCCn1cc(C(C)C)c2ccccc21. The third-order valence-corrected chi connectivity index (χ3v) is 3.19. The molecular weight excluding hydrogens is 210 g/mol. The van der Waals surface area contributed by atoms with Crippen molar-refractivity contribution in [2.24, 2.45) is 0 Å². The van der Waals surface area contributed by atoms with Crippen LogP contribution in [0.3, 0.4) is 0 Å². The van der Waals surface area contributed by atoms with E-state index in [2.05, 4.69) is 48.9 Å². The number of aromatic nitrogens is 1. The summed E-state index contributed by atoms with van der Waals surface area (Å²) in [6.45, 7) is 6.35. The highest BCUT2D eigenvalue weighted by atomic mass is 16.5. The first kappa shape index (κ1) is 12.2. The van der Waals surface area contributed by atoms with Crippen LogP contribution in [0.5, 0.6) is 0 Å². The summed E-state index contributed by atoms with van der Waals surface area (Å²) in [6, 6.07) is 8.65. The number of benzene rings is 1. The summed E-state index contributed by atoms with van der Waals surface area (Å²) in [5, 5.41) is 1.39. The molecule has 0 radical (unpaired) electrons. The number of hydrogen-bond acceptors (Lipinski definition) is 1. The molecule has 0 saturated carbocycles. The topological polar surface area (TPSA) is 14.2 Å². The van der Waals surface area contributed by atoms with Crippen molar-refractivity contribution in [3.8, 4) is 0 Å². The van der Waals surface area contributed by atoms with E-state index in [4.69, 9.17) is 4.74 Å². The number of ether oxygens (including phenoxy) is 1. The number of hydrogen-bond donors (Lipinski definition) is 0. The van der Waals surface area contributed by atoms with Crippen molar-refractivity contribution in [1.82, 2.24) is 4.57 Å². The van der Waals surface area contributed by atoms with Crippen LogP contribution < -0.4 is 0 Å². The predicted octanol–water partition coefficient (Wildman–Crippen LogP) is 3.80. The smallest absolute Gasteiger partial charge is 0.0483 e. The van der Waals surface area contributed by atoms with Crippen LogP contribution in [0, 0.1) is 0 Å². The largest absolute Gasteiger partial charge is 0.385 e. The van der Waals surface area contributed by atoms with Crippen molar-refractivity contribution in [3.05, 3.63) is 36.0 Å². The van der Waals surface area contributed by atoms with E-state index in [1.54, 1.807) is 7.11 Å². The van der Waals surface area contributed by atoms with Gasteiger partial charge in [-0.05, 0) is 24.0 Å². The van der Waals surface area contributed by atoms with Crippen LogP contribution in [-0.4, -0.2) is 18.3 Å². The second-order valence-electron chi connectivity index (χ2n) is 4.80. The van der Waals surface area contributed by atoms with Crippen molar-refractivity contribution in [2.45, 2.75) is 32.7 Å². The Morgan fingerprint density at radius 3 is 2.71 bits per heavy atom. The van der Waals surface area contributed by atoms with Crippen LogP contribution in [0.4, 0.5) is 0 Å². The van der Waals surface area contributed by atoms with Gasteiger partial charge in [0.05, 0.1) is 0 Å². The van der Waals surface area contributed by atoms with E-state index in [0.29, 0.717) is 5.92 Å². The number of aryl methyl sites for hydroxylation is 1. The Labute approximate surface area is 103 Å². The maximum absolute atomic E-state index is 5.12. The van der Waals surface area contributed by atoms with Crippen LogP contribution in [0.2, 0.25) is 0 Å². The van der Waals surface area contributed by atoms with Gasteiger partial charge in [-0.15, -0.1) is 0 Å². The Morgan fingerprint density at radius 1 is 1.24 bits per heavy atom. The highest BCUT2D eigenvalue weighted by Crippen LogP contribution is 2.27. The van der Waals surface area contributed by atoms with E-state index < -0.39 is 0 Å². The molecule has 0 amide bonds. The van der Waals surface area contributed by atoms with Gasteiger partial charge in [0.15, 0.2) is 0 Å². The molecule has 17 heavy (non-hydrogen) atoms. The zero-order chi connectivity index (χ0) is 12.3. The number of fused-ring (bicyclic) bond motifs is 1. The van der Waals surface area contributed by atoms with Crippen molar-refractivity contribution < 1.29 is 4.74 Å². The second-order valence-corrected chi connectivity index (χ2v) is 4.80. The molecule has 2 heteroatoms. The van der Waals surface area contributed by atoms with E-state index in [0.717, 1.165) is 19.6 Å². The lowest BCUT2D eigenvalue weighted by molar-refractivity contribution is 0.190. The monoisotopic (exact) mass is 231 g/mol. The Kier molecular flexibility index (Phi) is 3.85. The Hall–Kier alpha value is -1.28. The Balaban J connectivity index is 2.35. The summed E-state index contributed by atoms with van der Waals surface area (Å²) in [7, 11) is 1.76. The first-order valence-corrected chi connectivity index (χ1v) is 6.30. The number of methoxy groups -OCH3 is 1. The van der Waals surface area contributed by atoms with Gasteiger partial charge in [-0.3, -0.25) is 0 Å². The first-order valence-electron chi connectivity index (χ1n) is 6.30. The fourth-order valence-corrected chi connectivity index (χ4v) is 2.30. The van der Waals surface area contributed by atoms with Crippen LogP contribution >= 0.6 is 0 Å². The lowest BCUT2D eigenvalue weighted by Crippen LogP contribution is -1.99. The highest BCUT2D eigenvalue weighted by molar-refractivity contribution is 5.84. The molecule has 1 aromatic heterocycles. The standard InChI is InChI=1S/C15H21NO/c1-12(2)14-11-16(9-6-10-17-3)15-8-5-4-7-13(14)15/h4-5,7-8,11-12H,6,9-10H2,1-3H3. The summed E-state index contributed by atoms with van der Waals surface area (Å²) < 4.78 is 7.47. The molecule has 0 spiro atoms. The van der Waals surface area contributed by atoms with Crippen LogP contribution in [0.15, 0.2) is 30.5 Å².